The van der Waals surface area contributed by atoms with Crippen LogP contribution in [0.4, 0.5) is 0 Å². The van der Waals surface area contributed by atoms with Gasteiger partial charge in [-0.05, 0) is 164 Å². The Balaban J connectivity index is 1.02. The van der Waals surface area contributed by atoms with Crippen molar-refractivity contribution >= 4 is 43.6 Å². The van der Waals surface area contributed by atoms with Crippen molar-refractivity contribution in [2.75, 3.05) is 0 Å². The molecule has 2 aliphatic rings. The van der Waals surface area contributed by atoms with Gasteiger partial charge in [-0.1, -0.05) is 121 Å². The molecular weight excluding hydrogens is 801 g/mol. The summed E-state index contributed by atoms with van der Waals surface area (Å²) in [5.74, 6) is 0. The average Bonchev–Trinajstić information content (AvgIpc) is 3.90. The number of hydrogen-bond donors (Lipinski definition) is 0. The lowest BCUT2D eigenvalue weighted by Crippen LogP contribution is -2.16. The van der Waals surface area contributed by atoms with E-state index >= 15 is 0 Å². The summed E-state index contributed by atoms with van der Waals surface area (Å²) in [6.07, 6.45) is 11.7. The van der Waals surface area contributed by atoms with Gasteiger partial charge in [0.05, 0.1) is 45.8 Å². The van der Waals surface area contributed by atoms with Crippen LogP contribution in [0.2, 0.25) is 0 Å². The van der Waals surface area contributed by atoms with E-state index in [0.29, 0.717) is 0 Å². The van der Waals surface area contributed by atoms with Gasteiger partial charge in [-0.25, -0.2) is 0 Å². The smallest absolute Gasteiger partial charge is 0.0645 e. The third-order valence-corrected chi connectivity index (χ3v) is 14.5. The second-order valence-corrected chi connectivity index (χ2v) is 18.0. The van der Waals surface area contributed by atoms with Crippen LogP contribution in [0.5, 0.6) is 0 Å². The lowest BCUT2D eigenvalue weighted by atomic mass is 9.74. The Bertz CT molecular complexity index is 3640. The molecule has 0 spiro atoms. The number of nitrogens with zero attached hydrogens (tertiary/aromatic N) is 4. The Morgan fingerprint density at radius 2 is 0.742 bits per heavy atom. The van der Waals surface area contributed by atoms with Gasteiger partial charge in [0.1, 0.15) is 0 Å². The van der Waals surface area contributed by atoms with E-state index < -0.39 is 0 Å². The molecule has 4 heterocycles. The van der Waals surface area contributed by atoms with E-state index in [1.165, 1.54) is 122 Å². The third kappa shape index (κ3) is 5.51. The van der Waals surface area contributed by atoms with Crippen LogP contribution in [-0.2, 0) is 25.7 Å². The molecule has 66 heavy (non-hydrogen) atoms. The van der Waals surface area contributed by atoms with Crippen molar-refractivity contribution in [1.29, 1.82) is 0 Å². The van der Waals surface area contributed by atoms with E-state index in [-0.39, 0.29) is 0 Å². The van der Waals surface area contributed by atoms with Gasteiger partial charge in [-0.3, -0.25) is 9.97 Å². The minimum atomic E-state index is 0.940. The Morgan fingerprint density at radius 3 is 1.15 bits per heavy atom. The molecule has 0 amide bonds. The van der Waals surface area contributed by atoms with Crippen LogP contribution in [0.3, 0.4) is 0 Å². The molecule has 0 aliphatic heterocycles. The highest BCUT2D eigenvalue weighted by Gasteiger charge is 2.33. The van der Waals surface area contributed by atoms with Crippen molar-refractivity contribution in [3.05, 3.63) is 229 Å². The summed E-state index contributed by atoms with van der Waals surface area (Å²) < 4.78 is 5.00. The molecule has 0 saturated carbocycles. The van der Waals surface area contributed by atoms with Gasteiger partial charge in [0, 0.05) is 33.9 Å². The van der Waals surface area contributed by atoms with Gasteiger partial charge in [0.25, 0.3) is 0 Å². The molecule has 0 saturated heterocycles. The fourth-order valence-electron chi connectivity index (χ4n) is 11.7. The van der Waals surface area contributed by atoms with Gasteiger partial charge in [-0.2, -0.15) is 0 Å². The van der Waals surface area contributed by atoms with E-state index in [4.69, 9.17) is 0 Å². The van der Waals surface area contributed by atoms with Gasteiger partial charge >= 0.3 is 0 Å². The van der Waals surface area contributed by atoms with Crippen molar-refractivity contribution in [1.82, 2.24) is 19.1 Å². The molecule has 4 heteroatoms. The highest BCUT2D eigenvalue weighted by atomic mass is 15.0. The van der Waals surface area contributed by atoms with Crippen LogP contribution < -0.4 is 0 Å². The molecule has 0 radical (unpaired) electrons. The van der Waals surface area contributed by atoms with Crippen molar-refractivity contribution in [2.24, 2.45) is 0 Å². The molecule has 12 aromatic rings. The Labute approximate surface area is 382 Å². The van der Waals surface area contributed by atoms with Gasteiger partial charge in [-0.15, -0.1) is 0 Å². The quantitative estimate of drug-likeness (QED) is 0.167. The van der Waals surface area contributed by atoms with E-state index in [0.717, 1.165) is 37.1 Å². The molecule has 0 N–H and O–H groups in total. The van der Waals surface area contributed by atoms with Crippen molar-refractivity contribution in [3.8, 4) is 67.0 Å². The molecule has 0 unspecified atom stereocenters. The highest BCUT2D eigenvalue weighted by molar-refractivity contribution is 6.17. The van der Waals surface area contributed by atoms with Crippen molar-refractivity contribution in [2.45, 2.75) is 25.7 Å². The lowest BCUT2D eigenvalue weighted by molar-refractivity contribution is 0.883. The monoisotopic (exact) mass is 842 g/mol. The molecule has 4 nitrogen and oxygen atoms in total. The topological polar surface area (TPSA) is 35.6 Å². The maximum Gasteiger partial charge on any atom is 0.0645 e. The van der Waals surface area contributed by atoms with Gasteiger partial charge in [0.15, 0.2) is 0 Å². The van der Waals surface area contributed by atoms with Crippen LogP contribution >= 0.6 is 0 Å². The van der Waals surface area contributed by atoms with Gasteiger partial charge < -0.3 is 9.13 Å². The summed E-state index contributed by atoms with van der Waals surface area (Å²) >= 11 is 0. The molecule has 4 aromatic heterocycles. The first-order chi connectivity index (χ1) is 32.8. The summed E-state index contributed by atoms with van der Waals surface area (Å²) in [6.45, 7) is 0. The molecular formula is C62H42N4. The molecule has 14 rings (SSSR count). The SMILES string of the molecule is c1ccc(-c2ccccc2-c2ccc3c(c2)c2cc4c5c(c2n3-c2cccnc2)CCc2c-5c(cc3c5cc(-c6ccccc6-c6ccccc6)ccc5n(-c5cccnc5)c23)CC4)cc1. The maximum absolute atomic E-state index is 4.67. The Morgan fingerprint density at radius 1 is 0.333 bits per heavy atom. The zero-order valence-electron chi connectivity index (χ0n) is 36.2. The van der Waals surface area contributed by atoms with Crippen LogP contribution in [0, 0.1) is 0 Å². The largest absolute Gasteiger partial charge is 0.307 e. The first-order valence-electron chi connectivity index (χ1n) is 23.1. The van der Waals surface area contributed by atoms with E-state index in [9.17, 15) is 0 Å². The minimum Gasteiger partial charge on any atom is -0.307 e. The van der Waals surface area contributed by atoms with E-state index in [2.05, 4.69) is 201 Å². The summed E-state index contributed by atoms with van der Waals surface area (Å²) in [6, 6.07) is 67.0. The van der Waals surface area contributed by atoms with Crippen LogP contribution in [0.1, 0.15) is 22.3 Å². The number of pyridine rings is 2. The number of rotatable bonds is 6. The number of aryl methyl sites for hydroxylation is 4. The standard InChI is InChI=1S/C62H42N4/c1-3-13-39(14-4-1)47-19-7-9-21-49(47)41-25-29-57-53(33-41)55-35-43-23-24-44-36-56-54-34-42(50-22-10-8-20-48(50)40-15-5-2-6-16-40)26-30-58(54)66(46-18-12-32-64-38-46)62(56)52-28-27-51(59(43)60(44)52)61(55)65(57)45-17-11-31-63-37-45/h1-22,25-26,29-38H,23-24,27-28H2. The molecule has 0 fully saturated rings. The van der Waals surface area contributed by atoms with Crippen LogP contribution in [0.15, 0.2) is 207 Å². The average molecular weight is 843 g/mol. The third-order valence-electron chi connectivity index (χ3n) is 14.5. The lowest BCUT2D eigenvalue weighted by Gasteiger charge is -2.31. The molecule has 2 aliphatic carbocycles. The molecule has 8 aromatic carbocycles. The summed E-state index contributed by atoms with van der Waals surface area (Å²) in [4.78, 5) is 9.33. The number of benzene rings is 8. The number of hydrogen-bond acceptors (Lipinski definition) is 2. The summed E-state index contributed by atoms with van der Waals surface area (Å²) in [7, 11) is 0. The Kier molecular flexibility index (Phi) is 8.20. The first-order valence-corrected chi connectivity index (χ1v) is 23.1. The maximum atomic E-state index is 4.67. The highest BCUT2D eigenvalue weighted by Crippen LogP contribution is 2.52. The molecule has 310 valence electrons. The summed E-state index contributed by atoms with van der Waals surface area (Å²) in [5, 5.41) is 5.20. The van der Waals surface area contributed by atoms with Gasteiger partial charge in [0.2, 0.25) is 0 Å². The number of aromatic nitrogens is 4. The first kappa shape index (κ1) is 37.1. The zero-order valence-corrected chi connectivity index (χ0v) is 36.2. The van der Waals surface area contributed by atoms with E-state index in [1.54, 1.807) is 0 Å². The minimum absolute atomic E-state index is 0.940. The molecule has 0 bridgehead atoms. The normalized spacial score (nSPS) is 12.9. The Hall–Kier alpha value is -8.34. The van der Waals surface area contributed by atoms with Crippen molar-refractivity contribution in [3.63, 3.8) is 0 Å². The predicted octanol–water partition coefficient (Wildman–Crippen LogP) is 15.2. The van der Waals surface area contributed by atoms with Crippen LogP contribution in [0.25, 0.3) is 111 Å². The second kappa shape index (κ2) is 14.6. The fraction of sp³-hybridized carbons (Fsp3) is 0.0645. The second-order valence-electron chi connectivity index (χ2n) is 18.0. The summed E-state index contributed by atoms with van der Waals surface area (Å²) in [5.41, 5.74) is 25.8. The molecule has 0 atom stereocenters. The predicted molar refractivity (Wildman–Crippen MR) is 273 cm³/mol. The fourth-order valence-corrected chi connectivity index (χ4v) is 11.7. The van der Waals surface area contributed by atoms with E-state index in [1.807, 2.05) is 24.8 Å². The number of fused-ring (bicyclic) bond motifs is 8. The van der Waals surface area contributed by atoms with Crippen molar-refractivity contribution < 1.29 is 0 Å². The zero-order chi connectivity index (χ0) is 43.3. The van der Waals surface area contributed by atoms with Crippen LogP contribution in [-0.4, -0.2) is 19.1 Å².